The lowest BCUT2D eigenvalue weighted by molar-refractivity contribution is -0.144. The van der Waals surface area contributed by atoms with E-state index in [2.05, 4.69) is 46.0 Å². The summed E-state index contributed by atoms with van der Waals surface area (Å²) >= 11 is 0. The third-order valence-electron chi connectivity index (χ3n) is 6.87. The number of carbonyl (C=O) groups excluding carboxylic acids is 2. The molecule has 0 bridgehead atoms. The predicted molar refractivity (Wildman–Crippen MR) is 138 cm³/mol. The van der Waals surface area contributed by atoms with Crippen molar-refractivity contribution in [2.45, 2.75) is 104 Å². The molecule has 1 aromatic carbocycles. The fraction of sp³-hybridized carbons (Fsp3) is 0.704. The maximum absolute atomic E-state index is 13.5. The van der Waals surface area contributed by atoms with Gasteiger partial charge in [-0.05, 0) is 64.7 Å². The average Bonchev–Trinajstić information content (AvgIpc) is 3.02. The Morgan fingerprint density at radius 1 is 1.12 bits per heavy atom. The van der Waals surface area contributed by atoms with Gasteiger partial charge in [0.15, 0.2) is 8.32 Å². The van der Waals surface area contributed by atoms with Crippen LogP contribution in [0.1, 0.15) is 78.5 Å². The lowest BCUT2D eigenvalue weighted by atomic mass is 9.93. The van der Waals surface area contributed by atoms with Gasteiger partial charge in [-0.2, -0.15) is 0 Å². The van der Waals surface area contributed by atoms with Gasteiger partial charge in [0.05, 0.1) is 19.1 Å². The van der Waals surface area contributed by atoms with E-state index >= 15 is 0 Å². The third kappa shape index (κ3) is 7.32. The number of likely N-dealkylation sites (tertiary alicyclic amines) is 1. The van der Waals surface area contributed by atoms with Crippen LogP contribution in [-0.4, -0.2) is 50.1 Å². The summed E-state index contributed by atoms with van der Waals surface area (Å²) < 4.78 is 17.7. The topological polar surface area (TPSA) is 65.1 Å². The van der Waals surface area contributed by atoms with Crippen LogP contribution in [0.25, 0.3) is 0 Å². The first kappa shape index (κ1) is 28.4. The number of ether oxygens (including phenoxy) is 2. The minimum absolute atomic E-state index is 0.0443. The second kappa shape index (κ2) is 10.8. The Hall–Kier alpha value is -1.86. The maximum atomic E-state index is 13.5. The standard InChI is InChI=1S/C27H45NO5Si/c1-11-31-23(29)17-22-16-21(18-32-34(9,10)27(6,7)8)24(20-14-12-13-19(2)15-20)28(22)25(30)33-26(3,4)5/h12-15,21-22,24H,11,16-18H2,1-10H3/t21-,22-,24-/m1/s1. The minimum Gasteiger partial charge on any atom is -0.466 e. The van der Waals surface area contributed by atoms with Crippen molar-refractivity contribution in [3.8, 4) is 0 Å². The van der Waals surface area contributed by atoms with Crippen molar-refractivity contribution in [3.63, 3.8) is 0 Å². The highest BCUT2D eigenvalue weighted by atomic mass is 28.4. The van der Waals surface area contributed by atoms with Gasteiger partial charge in [0, 0.05) is 18.6 Å². The summed E-state index contributed by atoms with van der Waals surface area (Å²) in [7, 11) is -1.99. The van der Waals surface area contributed by atoms with Gasteiger partial charge < -0.3 is 13.9 Å². The van der Waals surface area contributed by atoms with Crippen LogP contribution in [0.5, 0.6) is 0 Å². The molecule has 0 aromatic heterocycles. The van der Waals surface area contributed by atoms with Gasteiger partial charge >= 0.3 is 12.1 Å². The molecule has 1 aliphatic heterocycles. The monoisotopic (exact) mass is 491 g/mol. The quantitative estimate of drug-likeness (QED) is 0.316. The number of esters is 1. The average molecular weight is 492 g/mol. The number of carbonyl (C=O) groups is 2. The predicted octanol–water partition coefficient (Wildman–Crippen LogP) is 6.64. The van der Waals surface area contributed by atoms with Crippen LogP contribution >= 0.6 is 0 Å². The highest BCUT2D eigenvalue weighted by Gasteiger charge is 2.48. The summed E-state index contributed by atoms with van der Waals surface area (Å²) in [5.74, 6) is -0.252. The van der Waals surface area contributed by atoms with E-state index in [9.17, 15) is 9.59 Å². The van der Waals surface area contributed by atoms with Crippen LogP contribution in [0, 0.1) is 12.8 Å². The molecule has 1 aliphatic rings. The molecule has 0 radical (unpaired) electrons. The van der Waals surface area contributed by atoms with Crippen molar-refractivity contribution in [3.05, 3.63) is 35.4 Å². The van der Waals surface area contributed by atoms with E-state index < -0.39 is 20.0 Å². The molecule has 0 saturated carbocycles. The molecule has 1 amide bonds. The smallest absolute Gasteiger partial charge is 0.411 e. The zero-order chi connectivity index (χ0) is 25.9. The second-order valence-electron chi connectivity index (χ2n) is 12.0. The zero-order valence-electron chi connectivity index (χ0n) is 22.9. The summed E-state index contributed by atoms with van der Waals surface area (Å²) in [6, 6.07) is 7.69. The van der Waals surface area contributed by atoms with Crippen LogP contribution < -0.4 is 0 Å². The highest BCUT2D eigenvalue weighted by molar-refractivity contribution is 6.74. The number of benzene rings is 1. The van der Waals surface area contributed by atoms with Crippen LogP contribution in [0.3, 0.4) is 0 Å². The van der Waals surface area contributed by atoms with Gasteiger partial charge in [-0.1, -0.05) is 50.6 Å². The van der Waals surface area contributed by atoms with Gasteiger partial charge in [0.25, 0.3) is 0 Å². The van der Waals surface area contributed by atoms with Crippen molar-refractivity contribution in [2.24, 2.45) is 5.92 Å². The van der Waals surface area contributed by atoms with Crippen molar-refractivity contribution < 1.29 is 23.5 Å². The van der Waals surface area contributed by atoms with Crippen molar-refractivity contribution in [1.29, 1.82) is 0 Å². The van der Waals surface area contributed by atoms with Crippen molar-refractivity contribution in [2.75, 3.05) is 13.2 Å². The maximum Gasteiger partial charge on any atom is 0.411 e. The molecule has 192 valence electrons. The summed E-state index contributed by atoms with van der Waals surface area (Å²) in [5.41, 5.74) is 1.53. The van der Waals surface area contributed by atoms with Gasteiger partial charge in [-0.25, -0.2) is 4.79 Å². The Bertz CT molecular complexity index is 855. The van der Waals surface area contributed by atoms with E-state index in [1.165, 1.54) is 0 Å². The van der Waals surface area contributed by atoms with Crippen molar-refractivity contribution in [1.82, 2.24) is 4.90 Å². The molecular formula is C27H45NO5Si. The van der Waals surface area contributed by atoms with Gasteiger partial charge in [-0.15, -0.1) is 0 Å². The number of nitrogens with zero attached hydrogens (tertiary/aromatic N) is 1. The van der Waals surface area contributed by atoms with Crippen molar-refractivity contribution >= 4 is 20.4 Å². The zero-order valence-corrected chi connectivity index (χ0v) is 23.9. The third-order valence-corrected chi connectivity index (χ3v) is 11.4. The number of amides is 1. The molecule has 1 heterocycles. The van der Waals surface area contributed by atoms with Crippen LogP contribution in [0.2, 0.25) is 18.1 Å². The first-order valence-electron chi connectivity index (χ1n) is 12.4. The molecule has 6 nitrogen and oxygen atoms in total. The lowest BCUT2D eigenvalue weighted by Gasteiger charge is -2.38. The molecule has 0 aliphatic carbocycles. The molecule has 7 heteroatoms. The first-order valence-corrected chi connectivity index (χ1v) is 15.3. The van der Waals surface area contributed by atoms with E-state index in [-0.39, 0.29) is 35.4 Å². The largest absolute Gasteiger partial charge is 0.466 e. The molecule has 3 atom stereocenters. The first-order chi connectivity index (χ1) is 15.6. The van der Waals surface area contributed by atoms with E-state index in [0.29, 0.717) is 19.6 Å². The summed E-state index contributed by atoms with van der Waals surface area (Å²) in [6.45, 7) is 21.4. The van der Waals surface area contributed by atoms with E-state index in [1.54, 1.807) is 11.8 Å². The summed E-state index contributed by atoms with van der Waals surface area (Å²) in [6.07, 6.45) is 0.403. The fourth-order valence-electron chi connectivity index (χ4n) is 4.20. The van der Waals surface area contributed by atoms with Crippen LogP contribution in [0.4, 0.5) is 4.79 Å². The minimum atomic E-state index is -1.99. The molecule has 34 heavy (non-hydrogen) atoms. The summed E-state index contributed by atoms with van der Waals surface area (Å²) in [4.78, 5) is 27.8. The number of aryl methyl sites for hydroxylation is 1. The van der Waals surface area contributed by atoms with Gasteiger partial charge in [0.1, 0.15) is 5.60 Å². The SMILES string of the molecule is CCOC(=O)C[C@H]1C[C@H](CO[Si](C)(C)C(C)(C)C)[C@@H](c2cccc(C)c2)N1C(=O)OC(C)(C)C. The Kier molecular flexibility index (Phi) is 9.03. The molecule has 0 unspecified atom stereocenters. The van der Waals surface area contributed by atoms with E-state index in [1.807, 2.05) is 39.8 Å². The second-order valence-corrected chi connectivity index (χ2v) is 16.8. The van der Waals surface area contributed by atoms with E-state index in [4.69, 9.17) is 13.9 Å². The number of hydrogen-bond acceptors (Lipinski definition) is 5. The number of rotatable bonds is 7. The Morgan fingerprint density at radius 2 is 1.76 bits per heavy atom. The number of hydrogen-bond donors (Lipinski definition) is 0. The molecule has 2 rings (SSSR count). The Balaban J connectivity index is 2.47. The highest BCUT2D eigenvalue weighted by Crippen LogP contribution is 2.45. The fourth-order valence-corrected chi connectivity index (χ4v) is 5.26. The molecular weight excluding hydrogens is 446 g/mol. The van der Waals surface area contributed by atoms with Gasteiger partial charge in [0.2, 0.25) is 0 Å². The molecule has 1 aromatic rings. The van der Waals surface area contributed by atoms with Crippen LogP contribution in [-0.2, 0) is 18.7 Å². The van der Waals surface area contributed by atoms with Crippen LogP contribution in [0.15, 0.2) is 24.3 Å². The molecule has 1 fully saturated rings. The van der Waals surface area contributed by atoms with Gasteiger partial charge in [-0.3, -0.25) is 9.69 Å². The Labute approximate surface area is 207 Å². The molecule has 0 spiro atoms. The normalized spacial score (nSPS) is 21.5. The van der Waals surface area contributed by atoms with E-state index in [0.717, 1.165) is 11.1 Å². The molecule has 1 saturated heterocycles. The lowest BCUT2D eigenvalue weighted by Crippen LogP contribution is -2.44. The molecule has 0 N–H and O–H groups in total. The summed E-state index contributed by atoms with van der Waals surface area (Å²) in [5, 5.41) is 0.0830. The Morgan fingerprint density at radius 3 is 2.29 bits per heavy atom.